The molecule has 62 valence electrons. The molecule has 0 N–H and O–H groups in total. The van der Waals surface area contributed by atoms with Gasteiger partial charge in [0.05, 0.1) is 11.9 Å². The molecule has 2 aliphatic rings. The number of hydrogen-bond donors (Lipinski definition) is 0. The molecule has 0 aromatic rings. The fourth-order valence-electron chi connectivity index (χ4n) is 1.15. The summed E-state index contributed by atoms with van der Waals surface area (Å²) in [5.41, 5.74) is 1.93. The largest absolute Gasteiger partial charge is 0.372 e. The van der Waals surface area contributed by atoms with Crippen LogP contribution in [0.3, 0.4) is 0 Å². The Morgan fingerprint density at radius 1 is 1.58 bits per heavy atom. The summed E-state index contributed by atoms with van der Waals surface area (Å²) in [5, 5.41) is 7.74. The Kier molecular flexibility index (Phi) is 1.94. The highest BCUT2D eigenvalue weighted by Crippen LogP contribution is 2.31. The summed E-state index contributed by atoms with van der Waals surface area (Å²) in [7, 11) is 1.66. The summed E-state index contributed by atoms with van der Waals surface area (Å²) >= 11 is 3.42. The van der Waals surface area contributed by atoms with Crippen molar-refractivity contribution in [3.8, 4) is 0 Å². The van der Waals surface area contributed by atoms with Crippen LogP contribution >= 0.6 is 15.9 Å². The topological polar surface area (TPSA) is 34.0 Å². The Morgan fingerprint density at radius 3 is 3.17 bits per heavy atom. The Balaban J connectivity index is 2.36. The highest BCUT2D eigenvalue weighted by molar-refractivity contribution is 9.11. The van der Waals surface area contributed by atoms with Crippen molar-refractivity contribution in [2.75, 3.05) is 7.11 Å². The van der Waals surface area contributed by atoms with Crippen molar-refractivity contribution >= 4 is 15.9 Å². The van der Waals surface area contributed by atoms with Gasteiger partial charge in [-0.3, -0.25) is 0 Å². The second kappa shape index (κ2) is 2.95. The van der Waals surface area contributed by atoms with Crippen LogP contribution in [0.2, 0.25) is 0 Å². The first-order valence-corrected chi connectivity index (χ1v) is 4.33. The van der Waals surface area contributed by atoms with Gasteiger partial charge in [0.1, 0.15) is 6.10 Å². The molecule has 0 spiro atoms. The number of azo groups is 1. The summed E-state index contributed by atoms with van der Waals surface area (Å²) < 4.78 is 6.20. The van der Waals surface area contributed by atoms with E-state index in [4.69, 9.17) is 4.74 Å². The zero-order chi connectivity index (χ0) is 8.55. The lowest BCUT2D eigenvalue weighted by Crippen LogP contribution is -2.11. The van der Waals surface area contributed by atoms with Crippen LogP contribution in [0, 0.1) is 0 Å². The van der Waals surface area contributed by atoms with Gasteiger partial charge in [-0.1, -0.05) is 15.9 Å². The van der Waals surface area contributed by atoms with E-state index in [9.17, 15) is 0 Å². The zero-order valence-electron chi connectivity index (χ0n) is 6.49. The lowest BCUT2D eigenvalue weighted by atomic mass is 10.1. The van der Waals surface area contributed by atoms with Crippen LogP contribution in [0.4, 0.5) is 0 Å². The molecule has 0 aromatic heterocycles. The monoisotopic (exact) mass is 226 g/mol. The molecular weight excluding hydrogens is 220 g/mol. The average molecular weight is 227 g/mol. The van der Waals surface area contributed by atoms with Crippen LogP contribution in [0.15, 0.2) is 44.3 Å². The van der Waals surface area contributed by atoms with Gasteiger partial charge in [0, 0.05) is 17.2 Å². The molecule has 1 atom stereocenters. The van der Waals surface area contributed by atoms with E-state index in [0.717, 1.165) is 15.8 Å². The average Bonchev–Trinajstić information content (AvgIpc) is 2.49. The predicted molar refractivity (Wildman–Crippen MR) is 48.8 cm³/mol. The van der Waals surface area contributed by atoms with Gasteiger partial charge in [-0.25, -0.2) is 0 Å². The zero-order valence-corrected chi connectivity index (χ0v) is 8.08. The normalized spacial score (nSPS) is 26.2. The van der Waals surface area contributed by atoms with E-state index >= 15 is 0 Å². The fraction of sp³-hybridized carbons (Fsp3) is 0.250. The Morgan fingerprint density at radius 2 is 2.42 bits per heavy atom. The number of fused-ring (bicyclic) bond motifs is 1. The third-order valence-corrected chi connectivity index (χ3v) is 2.47. The van der Waals surface area contributed by atoms with Gasteiger partial charge in [-0.05, 0) is 12.2 Å². The highest BCUT2D eigenvalue weighted by Gasteiger charge is 2.19. The minimum absolute atomic E-state index is 0.0193. The number of rotatable bonds is 1. The summed E-state index contributed by atoms with van der Waals surface area (Å²) in [6.45, 7) is 0. The molecule has 4 heteroatoms. The molecule has 0 unspecified atom stereocenters. The molecule has 1 heterocycles. The fourth-order valence-corrected chi connectivity index (χ4v) is 1.72. The number of methoxy groups -OCH3 is 1. The molecule has 0 saturated heterocycles. The van der Waals surface area contributed by atoms with Crippen LogP contribution in [0.1, 0.15) is 0 Å². The number of ether oxygens (including phenoxy) is 1. The highest BCUT2D eigenvalue weighted by atomic mass is 79.9. The molecule has 0 aromatic carbocycles. The van der Waals surface area contributed by atoms with E-state index < -0.39 is 0 Å². The summed E-state index contributed by atoms with van der Waals surface area (Å²) in [4.78, 5) is 0. The van der Waals surface area contributed by atoms with Crippen molar-refractivity contribution in [1.82, 2.24) is 0 Å². The maximum absolute atomic E-state index is 5.19. The van der Waals surface area contributed by atoms with E-state index in [2.05, 4.69) is 26.2 Å². The van der Waals surface area contributed by atoms with Crippen molar-refractivity contribution in [2.45, 2.75) is 6.10 Å². The maximum atomic E-state index is 5.19. The molecule has 0 radical (unpaired) electrons. The summed E-state index contributed by atoms with van der Waals surface area (Å²) in [5.74, 6) is 0. The van der Waals surface area contributed by atoms with E-state index in [1.165, 1.54) is 0 Å². The van der Waals surface area contributed by atoms with E-state index in [-0.39, 0.29) is 6.10 Å². The first kappa shape index (κ1) is 7.89. The van der Waals surface area contributed by atoms with Crippen LogP contribution in [-0.2, 0) is 4.74 Å². The van der Waals surface area contributed by atoms with Gasteiger partial charge in [0.2, 0.25) is 0 Å². The molecule has 1 aliphatic heterocycles. The molecule has 3 nitrogen and oxygen atoms in total. The van der Waals surface area contributed by atoms with Gasteiger partial charge in [-0.15, -0.1) is 0 Å². The van der Waals surface area contributed by atoms with Gasteiger partial charge in [0.15, 0.2) is 0 Å². The van der Waals surface area contributed by atoms with Crippen LogP contribution in [0.5, 0.6) is 0 Å². The molecule has 0 amide bonds. The number of halogens is 1. The molecule has 0 bridgehead atoms. The second-order valence-electron chi connectivity index (χ2n) is 2.54. The minimum atomic E-state index is -0.0193. The van der Waals surface area contributed by atoms with Crippen molar-refractivity contribution < 1.29 is 4.74 Å². The standard InChI is InChI=1S/C8H7BrN2O/c1-12-8-3-7-5(2-6(8)9)4-10-11-7/h2-4,8H,1H3/t8-/m0/s1. The Labute approximate surface area is 78.6 Å². The maximum Gasteiger partial charge on any atom is 0.109 e. The van der Waals surface area contributed by atoms with Crippen molar-refractivity contribution in [1.29, 1.82) is 0 Å². The first-order chi connectivity index (χ1) is 5.81. The molecule has 0 saturated carbocycles. The van der Waals surface area contributed by atoms with Crippen molar-refractivity contribution in [3.63, 3.8) is 0 Å². The molecule has 12 heavy (non-hydrogen) atoms. The van der Waals surface area contributed by atoms with Crippen molar-refractivity contribution in [2.24, 2.45) is 10.2 Å². The minimum Gasteiger partial charge on any atom is -0.372 e. The third kappa shape index (κ3) is 1.17. The van der Waals surface area contributed by atoms with Crippen LogP contribution in [0.25, 0.3) is 0 Å². The van der Waals surface area contributed by atoms with Gasteiger partial charge in [0.25, 0.3) is 0 Å². The van der Waals surface area contributed by atoms with Crippen LogP contribution < -0.4 is 0 Å². The number of nitrogens with zero attached hydrogens (tertiary/aromatic N) is 2. The summed E-state index contributed by atoms with van der Waals surface area (Å²) in [6, 6.07) is 0. The SMILES string of the molecule is CO[C@H]1C=C2N=NC=C2C=C1Br. The molecular formula is C8H7BrN2O. The lowest BCUT2D eigenvalue weighted by Gasteiger charge is -2.15. The van der Waals surface area contributed by atoms with Crippen molar-refractivity contribution in [3.05, 3.63) is 34.1 Å². The smallest absolute Gasteiger partial charge is 0.109 e. The lowest BCUT2D eigenvalue weighted by molar-refractivity contribution is 0.174. The van der Waals surface area contributed by atoms with Gasteiger partial charge >= 0.3 is 0 Å². The second-order valence-corrected chi connectivity index (χ2v) is 3.45. The third-order valence-electron chi connectivity index (χ3n) is 1.79. The van der Waals surface area contributed by atoms with E-state index in [1.807, 2.05) is 12.2 Å². The van der Waals surface area contributed by atoms with Gasteiger partial charge in [-0.2, -0.15) is 10.2 Å². The summed E-state index contributed by atoms with van der Waals surface area (Å²) in [6.07, 6.45) is 5.63. The molecule has 1 aliphatic carbocycles. The Hall–Kier alpha value is -0.740. The predicted octanol–water partition coefficient (Wildman–Crippen LogP) is 2.53. The quantitative estimate of drug-likeness (QED) is 0.677. The Bertz CT molecular complexity index is 328. The van der Waals surface area contributed by atoms with E-state index in [1.54, 1.807) is 13.3 Å². The molecule has 0 fully saturated rings. The number of allylic oxidation sites excluding steroid dienone is 1. The molecule has 2 rings (SSSR count). The number of hydrogen-bond acceptors (Lipinski definition) is 3. The first-order valence-electron chi connectivity index (χ1n) is 3.54. The van der Waals surface area contributed by atoms with Gasteiger partial charge < -0.3 is 4.74 Å². The van der Waals surface area contributed by atoms with Crippen LogP contribution in [-0.4, -0.2) is 13.2 Å². The van der Waals surface area contributed by atoms with E-state index in [0.29, 0.717) is 0 Å².